The van der Waals surface area contributed by atoms with Gasteiger partial charge in [0.25, 0.3) is 5.91 Å². The molecule has 1 aromatic carbocycles. The third-order valence-corrected chi connectivity index (χ3v) is 2.61. The molecular formula is C14H13N3O2. The molecule has 96 valence electrons. The summed E-state index contributed by atoms with van der Waals surface area (Å²) in [5.74, 6) is -0.214. The van der Waals surface area contributed by atoms with Crippen molar-refractivity contribution in [1.82, 2.24) is 4.98 Å². The van der Waals surface area contributed by atoms with Gasteiger partial charge in [-0.2, -0.15) is 0 Å². The molecule has 0 saturated carbocycles. The van der Waals surface area contributed by atoms with E-state index in [2.05, 4.69) is 10.3 Å². The molecule has 5 heteroatoms. The molecule has 19 heavy (non-hydrogen) atoms. The maximum Gasteiger partial charge on any atom is 0.252 e. The van der Waals surface area contributed by atoms with Gasteiger partial charge in [-0.15, -0.1) is 0 Å². The predicted octanol–water partition coefficient (Wildman–Crippen LogP) is 2.13. The maximum atomic E-state index is 11.3. The average Bonchev–Trinajstić information content (AvgIpc) is 2.39. The zero-order valence-electron chi connectivity index (χ0n) is 10.4. The summed E-state index contributed by atoms with van der Waals surface area (Å²) in [6.07, 6.45) is 1.56. The van der Waals surface area contributed by atoms with Crippen LogP contribution >= 0.6 is 0 Å². The Morgan fingerprint density at radius 1 is 1.21 bits per heavy atom. The van der Waals surface area contributed by atoms with Crippen LogP contribution in [0.4, 0.5) is 11.5 Å². The number of hydrogen-bond acceptors (Lipinski definition) is 4. The van der Waals surface area contributed by atoms with Crippen LogP contribution in [0.1, 0.15) is 27.6 Å². The highest BCUT2D eigenvalue weighted by Crippen LogP contribution is 2.19. The van der Waals surface area contributed by atoms with Gasteiger partial charge < -0.3 is 11.1 Å². The standard InChI is InChI=1S/C14H13N3O2/c1-9(18)10-4-2-5-11(8-10)17-14-12(13(15)19)6-3-7-16-14/h2-8H,1H3,(H2,15,19)(H,16,17). The first-order valence-corrected chi connectivity index (χ1v) is 5.71. The Morgan fingerprint density at radius 3 is 2.68 bits per heavy atom. The van der Waals surface area contributed by atoms with Crippen LogP contribution in [-0.2, 0) is 0 Å². The van der Waals surface area contributed by atoms with Gasteiger partial charge in [-0.25, -0.2) is 4.98 Å². The fourth-order valence-electron chi connectivity index (χ4n) is 1.66. The maximum absolute atomic E-state index is 11.3. The molecule has 0 aliphatic heterocycles. The summed E-state index contributed by atoms with van der Waals surface area (Å²) in [4.78, 5) is 26.7. The number of anilines is 2. The fraction of sp³-hybridized carbons (Fsp3) is 0.0714. The van der Waals surface area contributed by atoms with Crippen molar-refractivity contribution in [3.8, 4) is 0 Å². The molecule has 0 saturated heterocycles. The largest absolute Gasteiger partial charge is 0.365 e. The molecule has 0 unspecified atom stereocenters. The second-order valence-corrected chi connectivity index (χ2v) is 4.03. The fourth-order valence-corrected chi connectivity index (χ4v) is 1.66. The number of amides is 1. The van der Waals surface area contributed by atoms with Crippen molar-refractivity contribution < 1.29 is 9.59 Å². The monoisotopic (exact) mass is 255 g/mol. The first-order chi connectivity index (χ1) is 9.08. The normalized spacial score (nSPS) is 9.95. The third kappa shape index (κ3) is 2.95. The molecular weight excluding hydrogens is 242 g/mol. The van der Waals surface area contributed by atoms with Crippen LogP contribution in [0.3, 0.4) is 0 Å². The summed E-state index contributed by atoms with van der Waals surface area (Å²) in [7, 11) is 0. The zero-order chi connectivity index (χ0) is 13.8. The predicted molar refractivity (Wildman–Crippen MR) is 72.5 cm³/mol. The molecule has 5 nitrogen and oxygen atoms in total. The molecule has 1 heterocycles. The summed E-state index contributed by atoms with van der Waals surface area (Å²) in [6.45, 7) is 1.49. The average molecular weight is 255 g/mol. The second kappa shape index (κ2) is 5.30. The minimum atomic E-state index is -0.557. The summed E-state index contributed by atoms with van der Waals surface area (Å²) < 4.78 is 0. The Labute approximate surface area is 110 Å². The number of benzene rings is 1. The van der Waals surface area contributed by atoms with Gasteiger partial charge in [0.2, 0.25) is 0 Å². The molecule has 0 aliphatic rings. The van der Waals surface area contributed by atoms with Crippen LogP contribution in [-0.4, -0.2) is 16.7 Å². The van der Waals surface area contributed by atoms with Crippen molar-refractivity contribution in [1.29, 1.82) is 0 Å². The Kier molecular flexibility index (Phi) is 3.56. The number of carbonyl (C=O) groups is 2. The number of carbonyl (C=O) groups excluding carboxylic acids is 2. The molecule has 0 radical (unpaired) electrons. The zero-order valence-corrected chi connectivity index (χ0v) is 10.4. The number of aromatic nitrogens is 1. The Morgan fingerprint density at radius 2 is 2.00 bits per heavy atom. The van der Waals surface area contributed by atoms with E-state index >= 15 is 0 Å². The summed E-state index contributed by atoms with van der Waals surface area (Å²) >= 11 is 0. The lowest BCUT2D eigenvalue weighted by atomic mass is 10.1. The van der Waals surface area contributed by atoms with Crippen LogP contribution in [0, 0.1) is 0 Å². The molecule has 2 aromatic rings. The van der Waals surface area contributed by atoms with E-state index in [1.807, 2.05) is 0 Å². The van der Waals surface area contributed by atoms with Gasteiger partial charge in [0.1, 0.15) is 5.82 Å². The van der Waals surface area contributed by atoms with Gasteiger partial charge in [-0.1, -0.05) is 12.1 Å². The Hall–Kier alpha value is -2.69. The highest BCUT2D eigenvalue weighted by Gasteiger charge is 2.09. The van der Waals surface area contributed by atoms with Gasteiger partial charge in [0.05, 0.1) is 5.56 Å². The third-order valence-electron chi connectivity index (χ3n) is 2.61. The molecule has 0 bridgehead atoms. The number of nitrogens with one attached hydrogen (secondary N) is 1. The van der Waals surface area contributed by atoms with Gasteiger partial charge >= 0.3 is 0 Å². The Bertz CT molecular complexity index is 638. The molecule has 2 rings (SSSR count). The topological polar surface area (TPSA) is 85.1 Å². The van der Waals surface area contributed by atoms with Crippen LogP contribution < -0.4 is 11.1 Å². The lowest BCUT2D eigenvalue weighted by molar-refractivity contribution is 0.0996. The number of primary amides is 1. The van der Waals surface area contributed by atoms with Gasteiger partial charge in [0, 0.05) is 17.4 Å². The number of ketones is 1. The number of nitrogens with zero attached hydrogens (tertiary/aromatic N) is 1. The quantitative estimate of drug-likeness (QED) is 0.819. The second-order valence-electron chi connectivity index (χ2n) is 4.03. The number of nitrogens with two attached hydrogens (primary N) is 1. The lowest BCUT2D eigenvalue weighted by Gasteiger charge is -2.09. The number of pyridine rings is 1. The minimum Gasteiger partial charge on any atom is -0.365 e. The van der Waals surface area contributed by atoms with E-state index in [-0.39, 0.29) is 5.78 Å². The molecule has 0 fully saturated rings. The smallest absolute Gasteiger partial charge is 0.252 e. The minimum absolute atomic E-state index is 0.0280. The van der Waals surface area contributed by atoms with E-state index in [1.165, 1.54) is 6.92 Å². The summed E-state index contributed by atoms with van der Waals surface area (Å²) in [5, 5.41) is 2.98. The SMILES string of the molecule is CC(=O)c1cccc(Nc2ncccc2C(N)=O)c1. The molecule has 1 amide bonds. The molecule has 0 spiro atoms. The van der Waals surface area contributed by atoms with E-state index in [0.29, 0.717) is 22.6 Å². The number of rotatable bonds is 4. The first kappa shape index (κ1) is 12.8. The highest BCUT2D eigenvalue weighted by molar-refractivity contribution is 5.98. The molecule has 0 atom stereocenters. The van der Waals surface area contributed by atoms with Crippen molar-refractivity contribution >= 4 is 23.2 Å². The van der Waals surface area contributed by atoms with E-state index in [9.17, 15) is 9.59 Å². The highest BCUT2D eigenvalue weighted by atomic mass is 16.1. The van der Waals surface area contributed by atoms with Gasteiger partial charge in [0.15, 0.2) is 5.78 Å². The van der Waals surface area contributed by atoms with Crippen molar-refractivity contribution in [2.45, 2.75) is 6.92 Å². The van der Waals surface area contributed by atoms with E-state index in [4.69, 9.17) is 5.73 Å². The van der Waals surface area contributed by atoms with Crippen LogP contribution in [0.25, 0.3) is 0 Å². The number of hydrogen-bond donors (Lipinski definition) is 2. The molecule has 3 N–H and O–H groups in total. The lowest BCUT2D eigenvalue weighted by Crippen LogP contribution is -2.14. The van der Waals surface area contributed by atoms with E-state index < -0.39 is 5.91 Å². The molecule has 1 aromatic heterocycles. The van der Waals surface area contributed by atoms with E-state index in [0.717, 1.165) is 0 Å². The van der Waals surface area contributed by atoms with Crippen molar-refractivity contribution in [2.24, 2.45) is 5.73 Å². The van der Waals surface area contributed by atoms with Crippen LogP contribution in [0.2, 0.25) is 0 Å². The first-order valence-electron chi connectivity index (χ1n) is 5.71. The number of Topliss-reactive ketones (excluding diaryl/α,β-unsaturated/α-hetero) is 1. The van der Waals surface area contributed by atoms with Gasteiger partial charge in [-0.3, -0.25) is 9.59 Å². The van der Waals surface area contributed by atoms with Gasteiger partial charge in [-0.05, 0) is 31.2 Å². The van der Waals surface area contributed by atoms with E-state index in [1.54, 1.807) is 42.6 Å². The van der Waals surface area contributed by atoms with Crippen LogP contribution in [0.5, 0.6) is 0 Å². The van der Waals surface area contributed by atoms with Crippen molar-refractivity contribution in [3.05, 3.63) is 53.7 Å². The molecule has 0 aliphatic carbocycles. The van der Waals surface area contributed by atoms with Crippen LogP contribution in [0.15, 0.2) is 42.6 Å². The summed E-state index contributed by atoms with van der Waals surface area (Å²) in [5.41, 5.74) is 6.83. The van der Waals surface area contributed by atoms with Crippen molar-refractivity contribution in [3.63, 3.8) is 0 Å². The van der Waals surface area contributed by atoms with Crippen molar-refractivity contribution in [2.75, 3.05) is 5.32 Å². The summed E-state index contributed by atoms with van der Waals surface area (Å²) in [6, 6.07) is 10.2. The Balaban J connectivity index is 2.34.